The van der Waals surface area contributed by atoms with Gasteiger partial charge in [-0.2, -0.15) is 4.31 Å². The minimum atomic E-state index is -3.65. The number of carbonyl (C=O) groups excluding carboxylic acids is 1. The molecular weight excluding hydrogens is 420 g/mol. The smallest absolute Gasteiger partial charge is 0.256 e. The third-order valence-electron chi connectivity index (χ3n) is 5.39. The molecule has 0 aliphatic carbocycles. The number of rotatable bonds is 7. The lowest BCUT2D eigenvalue weighted by Gasteiger charge is -2.26. The highest BCUT2D eigenvalue weighted by Crippen LogP contribution is 2.32. The Morgan fingerprint density at radius 3 is 2.03 bits per heavy atom. The van der Waals surface area contributed by atoms with Crippen LogP contribution in [0.5, 0.6) is 17.2 Å². The maximum atomic E-state index is 13.0. The highest BCUT2D eigenvalue weighted by atomic mass is 32.2. The Balaban J connectivity index is 1.94. The minimum absolute atomic E-state index is 0.115. The van der Waals surface area contributed by atoms with E-state index in [4.69, 9.17) is 14.2 Å². The predicted molar refractivity (Wildman–Crippen MR) is 118 cm³/mol. The van der Waals surface area contributed by atoms with Crippen LogP contribution in [0.2, 0.25) is 0 Å². The van der Waals surface area contributed by atoms with Gasteiger partial charge in [0, 0.05) is 24.2 Å². The molecule has 0 atom stereocenters. The first kappa shape index (κ1) is 22.9. The van der Waals surface area contributed by atoms with Gasteiger partial charge < -0.3 is 19.5 Å². The van der Waals surface area contributed by atoms with Crippen molar-refractivity contribution in [2.75, 3.05) is 39.7 Å². The van der Waals surface area contributed by atoms with Crippen molar-refractivity contribution < 1.29 is 27.4 Å². The second-order valence-electron chi connectivity index (χ2n) is 7.29. The maximum absolute atomic E-state index is 13.0. The first-order chi connectivity index (χ1) is 14.8. The van der Waals surface area contributed by atoms with Gasteiger partial charge in [0.2, 0.25) is 10.0 Å². The van der Waals surface area contributed by atoms with Gasteiger partial charge in [-0.05, 0) is 50.1 Å². The Morgan fingerprint density at radius 1 is 0.903 bits per heavy atom. The van der Waals surface area contributed by atoms with Gasteiger partial charge >= 0.3 is 0 Å². The van der Waals surface area contributed by atoms with Crippen LogP contribution in [0.1, 0.15) is 35.2 Å². The van der Waals surface area contributed by atoms with Gasteiger partial charge in [0.05, 0.1) is 31.9 Å². The molecule has 31 heavy (non-hydrogen) atoms. The van der Waals surface area contributed by atoms with Crippen LogP contribution in [0.3, 0.4) is 0 Å². The van der Waals surface area contributed by atoms with E-state index in [1.807, 2.05) is 6.92 Å². The van der Waals surface area contributed by atoms with Crippen LogP contribution in [0.4, 0.5) is 5.69 Å². The van der Waals surface area contributed by atoms with Gasteiger partial charge in [-0.25, -0.2) is 8.42 Å². The second-order valence-corrected chi connectivity index (χ2v) is 9.22. The molecule has 2 aromatic carbocycles. The summed E-state index contributed by atoms with van der Waals surface area (Å²) in [7, 11) is 0.840. The van der Waals surface area contributed by atoms with Crippen LogP contribution in [0.25, 0.3) is 0 Å². The normalized spacial score (nSPS) is 14.7. The van der Waals surface area contributed by atoms with Gasteiger partial charge in [0.15, 0.2) is 0 Å². The molecule has 1 N–H and O–H groups in total. The Kier molecular flexibility index (Phi) is 7.07. The lowest BCUT2D eigenvalue weighted by Crippen LogP contribution is -2.35. The zero-order valence-electron chi connectivity index (χ0n) is 18.2. The molecule has 8 nitrogen and oxygen atoms in total. The summed E-state index contributed by atoms with van der Waals surface area (Å²) in [6.45, 7) is 2.83. The topological polar surface area (TPSA) is 94.2 Å². The number of hydrogen-bond donors (Lipinski definition) is 1. The fourth-order valence-corrected chi connectivity index (χ4v) is 5.16. The number of methoxy groups -OCH3 is 3. The fourth-order valence-electron chi connectivity index (χ4n) is 3.61. The van der Waals surface area contributed by atoms with E-state index >= 15 is 0 Å². The lowest BCUT2D eigenvalue weighted by molar-refractivity contribution is 0.102. The molecule has 1 aliphatic rings. The van der Waals surface area contributed by atoms with Gasteiger partial charge in [0.1, 0.15) is 17.2 Å². The Bertz CT molecular complexity index is 1040. The molecular formula is C22H28N2O6S. The van der Waals surface area contributed by atoms with Crippen molar-refractivity contribution in [1.82, 2.24) is 4.31 Å². The van der Waals surface area contributed by atoms with E-state index in [0.717, 1.165) is 24.8 Å². The molecule has 1 fully saturated rings. The number of nitrogens with one attached hydrogen (secondary N) is 1. The van der Waals surface area contributed by atoms with Crippen molar-refractivity contribution in [2.45, 2.75) is 31.1 Å². The number of amides is 1. The summed E-state index contributed by atoms with van der Waals surface area (Å²) in [5, 5.41) is 2.76. The molecule has 168 valence electrons. The third-order valence-corrected chi connectivity index (χ3v) is 7.28. The quantitative estimate of drug-likeness (QED) is 0.697. The number of piperidine rings is 1. The summed E-state index contributed by atoms with van der Waals surface area (Å²) in [6.07, 6.45) is 2.71. The van der Waals surface area contributed by atoms with Crippen molar-refractivity contribution in [3.05, 3.63) is 41.5 Å². The van der Waals surface area contributed by atoms with Gasteiger partial charge in [-0.15, -0.1) is 0 Å². The van der Waals surface area contributed by atoms with Crippen LogP contribution in [-0.4, -0.2) is 53.0 Å². The molecule has 1 heterocycles. The van der Waals surface area contributed by atoms with Crippen molar-refractivity contribution in [3.8, 4) is 17.2 Å². The number of carbonyl (C=O) groups is 1. The van der Waals surface area contributed by atoms with Crippen LogP contribution in [0.15, 0.2) is 35.2 Å². The molecule has 0 bridgehead atoms. The molecule has 2 aromatic rings. The van der Waals surface area contributed by atoms with E-state index in [1.54, 1.807) is 18.2 Å². The van der Waals surface area contributed by atoms with Crippen LogP contribution in [0, 0.1) is 6.92 Å². The third kappa shape index (κ3) is 4.77. The monoisotopic (exact) mass is 448 g/mol. The van der Waals surface area contributed by atoms with E-state index in [2.05, 4.69) is 5.32 Å². The predicted octanol–water partition coefficient (Wildman–Crippen LogP) is 3.45. The first-order valence-corrected chi connectivity index (χ1v) is 11.5. The number of benzene rings is 2. The van der Waals surface area contributed by atoms with Crippen molar-refractivity contribution >= 4 is 21.6 Å². The highest BCUT2D eigenvalue weighted by molar-refractivity contribution is 7.89. The molecule has 1 aliphatic heterocycles. The number of sulfonamides is 1. The minimum Gasteiger partial charge on any atom is -0.496 e. The summed E-state index contributed by atoms with van der Waals surface area (Å²) in [6, 6.07) is 7.68. The Hall–Kier alpha value is -2.78. The van der Waals surface area contributed by atoms with E-state index in [1.165, 1.54) is 37.8 Å². The Morgan fingerprint density at radius 2 is 1.48 bits per heavy atom. The van der Waals surface area contributed by atoms with Gasteiger partial charge in [-0.3, -0.25) is 4.79 Å². The molecule has 0 unspecified atom stereocenters. The second kappa shape index (κ2) is 9.57. The van der Waals surface area contributed by atoms with Crippen LogP contribution in [-0.2, 0) is 10.0 Å². The lowest BCUT2D eigenvalue weighted by atomic mass is 10.1. The first-order valence-electron chi connectivity index (χ1n) is 10.0. The van der Waals surface area contributed by atoms with Crippen molar-refractivity contribution in [1.29, 1.82) is 0 Å². The number of nitrogens with zero attached hydrogens (tertiary/aromatic N) is 1. The average molecular weight is 449 g/mol. The van der Waals surface area contributed by atoms with E-state index in [9.17, 15) is 13.2 Å². The summed E-state index contributed by atoms with van der Waals surface area (Å²) < 4.78 is 43.6. The molecule has 0 saturated carbocycles. The zero-order chi connectivity index (χ0) is 22.6. The largest absolute Gasteiger partial charge is 0.496 e. The van der Waals surface area contributed by atoms with Crippen molar-refractivity contribution in [2.24, 2.45) is 0 Å². The van der Waals surface area contributed by atoms with Crippen LogP contribution >= 0.6 is 0 Å². The van der Waals surface area contributed by atoms with Crippen LogP contribution < -0.4 is 19.5 Å². The highest BCUT2D eigenvalue weighted by Gasteiger charge is 2.27. The fraction of sp³-hybridized carbons (Fsp3) is 0.409. The Labute approximate surface area is 183 Å². The van der Waals surface area contributed by atoms with E-state index < -0.39 is 15.9 Å². The molecule has 1 saturated heterocycles. The van der Waals surface area contributed by atoms with Gasteiger partial charge in [0.25, 0.3) is 5.91 Å². The standard InChI is InChI=1S/C22H28N2O6S/c1-15-20(29-3)12-16(13-21(15)30-4)22(25)23-18-14-17(8-9-19(18)28-2)31(26,27)24-10-6-5-7-11-24/h8-9,12-14H,5-7,10-11H2,1-4H3,(H,23,25). The SMILES string of the molecule is COc1ccc(S(=O)(=O)N2CCCCC2)cc1NC(=O)c1cc(OC)c(C)c(OC)c1. The molecule has 3 rings (SSSR count). The molecule has 0 radical (unpaired) electrons. The number of ether oxygens (including phenoxy) is 3. The van der Waals surface area contributed by atoms with E-state index in [0.29, 0.717) is 35.9 Å². The number of anilines is 1. The molecule has 1 amide bonds. The zero-order valence-corrected chi connectivity index (χ0v) is 19.0. The summed E-state index contributed by atoms with van der Waals surface area (Å²) >= 11 is 0. The molecule has 0 aromatic heterocycles. The summed E-state index contributed by atoms with van der Waals surface area (Å²) in [4.78, 5) is 13.1. The summed E-state index contributed by atoms with van der Waals surface area (Å²) in [5.74, 6) is 0.940. The van der Waals surface area contributed by atoms with E-state index in [-0.39, 0.29) is 10.6 Å². The molecule has 0 spiro atoms. The number of hydrogen-bond acceptors (Lipinski definition) is 6. The van der Waals surface area contributed by atoms with Crippen molar-refractivity contribution in [3.63, 3.8) is 0 Å². The maximum Gasteiger partial charge on any atom is 0.256 e. The molecule has 9 heteroatoms. The van der Waals surface area contributed by atoms with Gasteiger partial charge in [-0.1, -0.05) is 6.42 Å². The summed E-state index contributed by atoms with van der Waals surface area (Å²) in [5.41, 5.74) is 1.35. The average Bonchev–Trinajstić information content (AvgIpc) is 2.79.